The maximum absolute atomic E-state index is 13.1. The van der Waals surface area contributed by atoms with E-state index in [2.05, 4.69) is 10.6 Å². The van der Waals surface area contributed by atoms with Gasteiger partial charge in [0.1, 0.15) is 5.82 Å². The molecule has 2 amide bonds. The molecule has 0 aromatic heterocycles. The second kappa shape index (κ2) is 7.43. The predicted molar refractivity (Wildman–Crippen MR) is 96.5 cm³/mol. The summed E-state index contributed by atoms with van der Waals surface area (Å²) in [5.41, 5.74) is 1.35. The molecule has 7 heteroatoms. The monoisotopic (exact) mass is 376 g/mol. The fourth-order valence-corrected chi connectivity index (χ4v) is 3.20. The molecule has 1 aliphatic carbocycles. The highest BCUT2D eigenvalue weighted by Gasteiger charge is 2.32. The number of hydrogen-bond donors (Lipinski definition) is 3. The zero-order chi connectivity index (χ0) is 18.7. The molecule has 2 aromatic carbocycles. The summed E-state index contributed by atoms with van der Waals surface area (Å²) in [6.07, 6.45) is 1.63. The zero-order valence-corrected chi connectivity index (χ0v) is 14.6. The SMILES string of the molecule is O=C(NC[C@]1(O)CCc2ccccc2C1)C(=O)Nc1ccc(F)c(Cl)c1. The van der Waals surface area contributed by atoms with Crippen molar-refractivity contribution in [3.8, 4) is 0 Å². The Labute approximate surface area is 155 Å². The van der Waals surface area contributed by atoms with Gasteiger partial charge in [0.05, 0.1) is 10.6 Å². The maximum Gasteiger partial charge on any atom is 0.313 e. The Hall–Kier alpha value is -2.44. The number of rotatable bonds is 3. The van der Waals surface area contributed by atoms with Crippen LogP contribution >= 0.6 is 11.6 Å². The van der Waals surface area contributed by atoms with Crippen molar-refractivity contribution in [3.05, 3.63) is 64.4 Å². The van der Waals surface area contributed by atoms with E-state index in [4.69, 9.17) is 11.6 Å². The van der Waals surface area contributed by atoms with Crippen LogP contribution in [0, 0.1) is 5.82 Å². The van der Waals surface area contributed by atoms with Gasteiger partial charge in [-0.15, -0.1) is 0 Å². The molecular weight excluding hydrogens is 359 g/mol. The van der Waals surface area contributed by atoms with Gasteiger partial charge < -0.3 is 15.7 Å². The lowest BCUT2D eigenvalue weighted by atomic mass is 9.80. The first kappa shape index (κ1) is 18.4. The number of aryl methyl sites for hydroxylation is 1. The molecule has 0 saturated heterocycles. The van der Waals surface area contributed by atoms with Crippen LogP contribution in [-0.2, 0) is 22.4 Å². The smallest absolute Gasteiger partial charge is 0.313 e. The van der Waals surface area contributed by atoms with E-state index in [0.717, 1.165) is 11.6 Å². The molecule has 5 nitrogen and oxygen atoms in total. The van der Waals surface area contributed by atoms with Gasteiger partial charge in [0.25, 0.3) is 0 Å². The quantitative estimate of drug-likeness (QED) is 0.720. The number of aliphatic hydroxyl groups is 1. The molecule has 136 valence electrons. The molecule has 0 spiro atoms. The third kappa shape index (κ3) is 4.20. The van der Waals surface area contributed by atoms with Crippen LogP contribution in [0.2, 0.25) is 5.02 Å². The maximum atomic E-state index is 13.1. The van der Waals surface area contributed by atoms with Gasteiger partial charge in [-0.2, -0.15) is 0 Å². The average Bonchev–Trinajstić information content (AvgIpc) is 2.62. The minimum Gasteiger partial charge on any atom is -0.388 e. The van der Waals surface area contributed by atoms with Gasteiger partial charge >= 0.3 is 11.8 Å². The second-order valence-electron chi connectivity index (χ2n) is 6.44. The lowest BCUT2D eigenvalue weighted by Crippen LogP contribution is -2.49. The topological polar surface area (TPSA) is 78.4 Å². The highest BCUT2D eigenvalue weighted by Crippen LogP contribution is 2.28. The number of hydrogen-bond acceptors (Lipinski definition) is 3. The molecule has 3 N–H and O–H groups in total. The Morgan fingerprint density at radius 3 is 2.62 bits per heavy atom. The molecule has 0 unspecified atom stereocenters. The van der Waals surface area contributed by atoms with E-state index in [-0.39, 0.29) is 17.3 Å². The highest BCUT2D eigenvalue weighted by atomic mass is 35.5. The second-order valence-corrected chi connectivity index (χ2v) is 6.84. The van der Waals surface area contributed by atoms with E-state index in [1.165, 1.54) is 17.7 Å². The van der Waals surface area contributed by atoms with Crippen LogP contribution in [0.15, 0.2) is 42.5 Å². The number of halogens is 2. The first-order chi connectivity index (χ1) is 12.4. The molecule has 26 heavy (non-hydrogen) atoms. The number of carbonyl (C=O) groups excluding carboxylic acids is 2. The Kier molecular flexibility index (Phi) is 5.25. The summed E-state index contributed by atoms with van der Waals surface area (Å²) in [5, 5.41) is 15.3. The summed E-state index contributed by atoms with van der Waals surface area (Å²) in [6.45, 7) is -0.0300. The van der Waals surface area contributed by atoms with Crippen LogP contribution in [0.4, 0.5) is 10.1 Å². The summed E-state index contributed by atoms with van der Waals surface area (Å²) < 4.78 is 13.1. The Bertz CT molecular complexity index is 858. The zero-order valence-electron chi connectivity index (χ0n) is 13.9. The van der Waals surface area contributed by atoms with Gasteiger partial charge in [-0.3, -0.25) is 9.59 Å². The average molecular weight is 377 g/mol. The lowest BCUT2D eigenvalue weighted by Gasteiger charge is -2.33. The number of carbonyl (C=O) groups is 2. The van der Waals surface area contributed by atoms with Crippen molar-refractivity contribution in [3.63, 3.8) is 0 Å². The van der Waals surface area contributed by atoms with Crippen LogP contribution in [0.25, 0.3) is 0 Å². The molecule has 0 bridgehead atoms. The fourth-order valence-electron chi connectivity index (χ4n) is 3.02. The number of nitrogens with one attached hydrogen (secondary N) is 2. The van der Waals surface area contributed by atoms with Gasteiger partial charge in [0.2, 0.25) is 0 Å². The Morgan fingerprint density at radius 1 is 1.15 bits per heavy atom. The van der Waals surface area contributed by atoms with Crippen LogP contribution < -0.4 is 10.6 Å². The molecule has 1 aliphatic rings. The van der Waals surface area contributed by atoms with Crippen LogP contribution in [0.5, 0.6) is 0 Å². The Balaban J connectivity index is 1.56. The molecule has 0 saturated carbocycles. The number of anilines is 1. The molecule has 0 radical (unpaired) electrons. The van der Waals surface area contributed by atoms with E-state index < -0.39 is 23.2 Å². The van der Waals surface area contributed by atoms with Gasteiger partial charge in [-0.25, -0.2) is 4.39 Å². The van der Waals surface area contributed by atoms with E-state index in [1.807, 2.05) is 24.3 Å². The van der Waals surface area contributed by atoms with Crippen molar-refractivity contribution in [2.75, 3.05) is 11.9 Å². The third-order valence-corrected chi connectivity index (χ3v) is 4.75. The fraction of sp³-hybridized carbons (Fsp3) is 0.263. The van der Waals surface area contributed by atoms with Gasteiger partial charge in [0, 0.05) is 18.7 Å². The predicted octanol–water partition coefficient (Wildman–Crippen LogP) is 2.45. The minimum atomic E-state index is -1.09. The molecule has 2 aromatic rings. The van der Waals surface area contributed by atoms with Gasteiger partial charge in [-0.1, -0.05) is 35.9 Å². The molecule has 0 aliphatic heterocycles. The number of benzene rings is 2. The number of amides is 2. The largest absolute Gasteiger partial charge is 0.388 e. The van der Waals surface area contributed by atoms with Crippen LogP contribution in [0.3, 0.4) is 0 Å². The molecular formula is C19H18ClFN2O3. The van der Waals surface area contributed by atoms with Crippen molar-refractivity contribution in [1.82, 2.24) is 5.32 Å². The molecule has 0 fully saturated rings. The highest BCUT2D eigenvalue weighted by molar-refractivity contribution is 6.39. The van der Waals surface area contributed by atoms with Crippen molar-refractivity contribution >= 4 is 29.1 Å². The van der Waals surface area contributed by atoms with Crippen molar-refractivity contribution in [2.45, 2.75) is 24.9 Å². The van der Waals surface area contributed by atoms with E-state index >= 15 is 0 Å². The van der Waals surface area contributed by atoms with Crippen molar-refractivity contribution < 1.29 is 19.1 Å². The van der Waals surface area contributed by atoms with Crippen molar-refractivity contribution in [2.24, 2.45) is 0 Å². The summed E-state index contributed by atoms with van der Waals surface area (Å²) in [4.78, 5) is 23.9. The summed E-state index contributed by atoms with van der Waals surface area (Å²) in [6, 6.07) is 11.5. The van der Waals surface area contributed by atoms with Crippen LogP contribution in [-0.4, -0.2) is 29.1 Å². The molecule has 1 atom stereocenters. The van der Waals surface area contributed by atoms with Crippen molar-refractivity contribution in [1.29, 1.82) is 0 Å². The van der Waals surface area contributed by atoms with Gasteiger partial charge in [0.15, 0.2) is 0 Å². The standard InChI is InChI=1S/C19H18ClFN2O3/c20-15-9-14(5-6-16(15)21)23-18(25)17(24)22-11-19(26)8-7-12-3-1-2-4-13(12)10-19/h1-6,9,26H,7-8,10-11H2,(H,22,24)(H,23,25)/t19-/m0/s1. The normalized spacial score (nSPS) is 18.7. The van der Waals surface area contributed by atoms with Crippen LogP contribution in [0.1, 0.15) is 17.5 Å². The van der Waals surface area contributed by atoms with E-state index in [0.29, 0.717) is 19.3 Å². The first-order valence-corrected chi connectivity index (χ1v) is 8.57. The minimum absolute atomic E-state index is 0.0300. The third-order valence-electron chi connectivity index (χ3n) is 4.46. The lowest BCUT2D eigenvalue weighted by molar-refractivity contribution is -0.136. The van der Waals surface area contributed by atoms with Gasteiger partial charge in [-0.05, 0) is 42.2 Å². The summed E-state index contributed by atoms with van der Waals surface area (Å²) in [7, 11) is 0. The number of fused-ring (bicyclic) bond motifs is 1. The molecule has 3 rings (SSSR count). The first-order valence-electron chi connectivity index (χ1n) is 8.20. The van der Waals surface area contributed by atoms with E-state index in [1.54, 1.807) is 0 Å². The summed E-state index contributed by atoms with van der Waals surface area (Å²) >= 11 is 5.64. The molecule has 0 heterocycles. The summed E-state index contributed by atoms with van der Waals surface area (Å²) in [5.74, 6) is -2.40. The Morgan fingerprint density at radius 2 is 1.88 bits per heavy atom. The van der Waals surface area contributed by atoms with E-state index in [9.17, 15) is 19.1 Å².